The molecule has 2 bridgehead atoms. The molecule has 1 aliphatic carbocycles. The van der Waals surface area contributed by atoms with Gasteiger partial charge in [0.2, 0.25) is 5.91 Å². The number of benzene rings is 1. The highest BCUT2D eigenvalue weighted by molar-refractivity contribution is 5.95. The van der Waals surface area contributed by atoms with Gasteiger partial charge >= 0.3 is 6.18 Å². The molecule has 3 atom stereocenters. The number of piperidine rings is 1. The predicted octanol–water partition coefficient (Wildman–Crippen LogP) is 2.78. The van der Waals surface area contributed by atoms with Crippen LogP contribution >= 0.6 is 0 Å². The number of alkyl halides is 3. The monoisotopic (exact) mass is 284 g/mol. The van der Waals surface area contributed by atoms with Crippen LogP contribution in [0.4, 0.5) is 18.9 Å². The number of hydrogen-bond acceptors (Lipinski definition) is 2. The highest BCUT2D eigenvalue weighted by Crippen LogP contribution is 2.36. The van der Waals surface area contributed by atoms with E-state index in [0.29, 0.717) is 12.0 Å². The molecule has 1 aromatic rings. The summed E-state index contributed by atoms with van der Waals surface area (Å²) in [5.41, 5.74) is -0.564. The van der Waals surface area contributed by atoms with E-state index in [1.165, 1.54) is 12.1 Å². The lowest BCUT2D eigenvalue weighted by Crippen LogP contribution is -2.44. The maximum Gasteiger partial charge on any atom is 0.416 e. The van der Waals surface area contributed by atoms with E-state index >= 15 is 0 Å². The van der Waals surface area contributed by atoms with Gasteiger partial charge < -0.3 is 10.6 Å². The number of nitrogens with one attached hydrogen (secondary N) is 2. The van der Waals surface area contributed by atoms with Crippen molar-refractivity contribution >= 4 is 11.6 Å². The number of carbonyl (C=O) groups is 1. The average molecular weight is 284 g/mol. The van der Waals surface area contributed by atoms with E-state index in [0.717, 1.165) is 31.4 Å². The zero-order chi connectivity index (χ0) is 14.3. The Balaban J connectivity index is 1.70. The van der Waals surface area contributed by atoms with Crippen LogP contribution in [0.15, 0.2) is 24.3 Å². The van der Waals surface area contributed by atoms with Crippen LogP contribution in [-0.4, -0.2) is 18.0 Å². The lowest BCUT2D eigenvalue weighted by molar-refractivity contribution is -0.137. The van der Waals surface area contributed by atoms with Gasteiger partial charge in [0, 0.05) is 11.7 Å². The summed E-state index contributed by atoms with van der Waals surface area (Å²) >= 11 is 0. The highest BCUT2D eigenvalue weighted by atomic mass is 19.4. The van der Waals surface area contributed by atoms with Crippen molar-refractivity contribution in [3.8, 4) is 0 Å². The molecule has 1 aromatic carbocycles. The molecule has 0 spiro atoms. The van der Waals surface area contributed by atoms with Crippen molar-refractivity contribution in [2.75, 3.05) is 5.32 Å². The molecule has 2 N–H and O–H groups in total. The second-order valence-corrected chi connectivity index (χ2v) is 5.48. The Labute approximate surface area is 114 Å². The Hall–Kier alpha value is -1.56. The second-order valence-electron chi connectivity index (χ2n) is 5.48. The lowest BCUT2D eigenvalue weighted by atomic mass is 9.99. The maximum atomic E-state index is 12.6. The molecule has 0 radical (unpaired) electrons. The zero-order valence-electron chi connectivity index (χ0n) is 10.7. The molecule has 1 aliphatic heterocycles. The van der Waals surface area contributed by atoms with Gasteiger partial charge in [0.15, 0.2) is 0 Å². The molecule has 1 saturated heterocycles. The first kappa shape index (κ1) is 13.4. The van der Waals surface area contributed by atoms with Crippen molar-refractivity contribution in [1.29, 1.82) is 0 Å². The number of amides is 1. The van der Waals surface area contributed by atoms with Gasteiger partial charge in [-0.05, 0) is 43.4 Å². The van der Waals surface area contributed by atoms with Gasteiger partial charge in [0.1, 0.15) is 0 Å². The van der Waals surface area contributed by atoms with E-state index in [2.05, 4.69) is 10.6 Å². The number of rotatable bonds is 2. The molecule has 3 rings (SSSR count). The van der Waals surface area contributed by atoms with E-state index < -0.39 is 11.7 Å². The number of carbonyl (C=O) groups excluding carboxylic acids is 1. The van der Waals surface area contributed by atoms with Gasteiger partial charge in [-0.1, -0.05) is 6.07 Å². The summed E-state index contributed by atoms with van der Waals surface area (Å²) in [6.07, 6.45) is -1.32. The number of halogens is 3. The molecule has 108 valence electrons. The minimum Gasteiger partial charge on any atom is -0.325 e. The van der Waals surface area contributed by atoms with E-state index in [-0.39, 0.29) is 17.6 Å². The van der Waals surface area contributed by atoms with Gasteiger partial charge in [-0.2, -0.15) is 13.2 Å². The molecule has 2 fully saturated rings. The molecule has 3 nitrogen and oxygen atoms in total. The van der Waals surface area contributed by atoms with Crippen LogP contribution in [0.5, 0.6) is 0 Å². The standard InChI is InChI=1S/C14H15F3N2O/c15-14(16,17)9-2-1-3-10(7-9)19-13(20)12-8-4-5-11(6-8)18-12/h1-3,7-8,11-12,18H,4-6H2,(H,19,20). The quantitative estimate of drug-likeness (QED) is 0.876. The van der Waals surface area contributed by atoms with Gasteiger partial charge in [0.05, 0.1) is 11.6 Å². The van der Waals surface area contributed by atoms with Gasteiger partial charge in [0.25, 0.3) is 0 Å². The van der Waals surface area contributed by atoms with Crippen LogP contribution in [0.25, 0.3) is 0 Å². The summed E-state index contributed by atoms with van der Waals surface area (Å²) < 4.78 is 37.8. The van der Waals surface area contributed by atoms with Gasteiger partial charge in [-0.3, -0.25) is 4.79 Å². The zero-order valence-corrected chi connectivity index (χ0v) is 10.7. The van der Waals surface area contributed by atoms with Crippen molar-refractivity contribution in [2.24, 2.45) is 5.92 Å². The number of anilines is 1. The summed E-state index contributed by atoms with van der Waals surface area (Å²) in [5, 5.41) is 5.80. The fourth-order valence-electron chi connectivity index (χ4n) is 3.14. The van der Waals surface area contributed by atoms with Crippen molar-refractivity contribution in [3.05, 3.63) is 29.8 Å². The van der Waals surface area contributed by atoms with Gasteiger partial charge in [-0.15, -0.1) is 0 Å². The Morgan fingerprint density at radius 1 is 1.30 bits per heavy atom. The summed E-state index contributed by atoms with van der Waals surface area (Å²) in [6, 6.07) is 4.84. The minimum absolute atomic E-state index is 0.189. The Morgan fingerprint density at radius 2 is 2.10 bits per heavy atom. The van der Waals surface area contributed by atoms with Crippen LogP contribution in [0, 0.1) is 5.92 Å². The van der Waals surface area contributed by atoms with E-state index in [1.807, 2.05) is 0 Å². The molecule has 0 aromatic heterocycles. The summed E-state index contributed by atoms with van der Waals surface area (Å²) in [5.74, 6) is 0.0716. The SMILES string of the molecule is O=C(Nc1cccc(C(F)(F)F)c1)C1NC2CCC1C2. The topological polar surface area (TPSA) is 41.1 Å². The van der Waals surface area contributed by atoms with E-state index in [4.69, 9.17) is 0 Å². The highest BCUT2D eigenvalue weighted by Gasteiger charge is 2.42. The van der Waals surface area contributed by atoms with Crippen LogP contribution in [0.2, 0.25) is 0 Å². The van der Waals surface area contributed by atoms with Crippen molar-refractivity contribution in [1.82, 2.24) is 5.32 Å². The largest absolute Gasteiger partial charge is 0.416 e. The third-order valence-corrected chi connectivity index (χ3v) is 4.10. The Bertz CT molecular complexity index is 529. The first-order valence-corrected chi connectivity index (χ1v) is 6.67. The average Bonchev–Trinajstić information content (AvgIpc) is 3.00. The van der Waals surface area contributed by atoms with Crippen molar-refractivity contribution in [2.45, 2.75) is 37.5 Å². The van der Waals surface area contributed by atoms with Crippen LogP contribution < -0.4 is 10.6 Å². The summed E-state index contributed by atoms with van der Waals surface area (Å²) in [6.45, 7) is 0. The van der Waals surface area contributed by atoms with Crippen LogP contribution in [-0.2, 0) is 11.0 Å². The fraction of sp³-hybridized carbons (Fsp3) is 0.500. The van der Waals surface area contributed by atoms with Crippen LogP contribution in [0.3, 0.4) is 0 Å². The Kier molecular flexibility index (Phi) is 3.20. The van der Waals surface area contributed by atoms with Crippen molar-refractivity contribution in [3.63, 3.8) is 0 Å². The molecule has 1 heterocycles. The molecule has 3 unspecified atom stereocenters. The first-order chi connectivity index (χ1) is 9.43. The first-order valence-electron chi connectivity index (χ1n) is 6.67. The predicted molar refractivity (Wildman–Crippen MR) is 68.1 cm³/mol. The molecule has 1 amide bonds. The number of fused-ring (bicyclic) bond motifs is 2. The summed E-state index contributed by atoms with van der Waals surface area (Å²) in [4.78, 5) is 12.1. The molecule has 6 heteroatoms. The normalized spacial score (nSPS) is 28.6. The fourth-order valence-corrected chi connectivity index (χ4v) is 3.14. The third kappa shape index (κ3) is 2.52. The Morgan fingerprint density at radius 3 is 2.70 bits per heavy atom. The lowest BCUT2D eigenvalue weighted by Gasteiger charge is -2.22. The number of hydrogen-bond donors (Lipinski definition) is 2. The summed E-state index contributed by atoms with van der Waals surface area (Å²) in [7, 11) is 0. The van der Waals surface area contributed by atoms with E-state index in [1.54, 1.807) is 0 Å². The minimum atomic E-state index is -4.40. The van der Waals surface area contributed by atoms with Crippen molar-refractivity contribution < 1.29 is 18.0 Å². The van der Waals surface area contributed by atoms with Gasteiger partial charge in [-0.25, -0.2) is 0 Å². The molecule has 2 aliphatic rings. The third-order valence-electron chi connectivity index (χ3n) is 4.10. The molecular formula is C14H15F3N2O. The molecule has 1 saturated carbocycles. The second kappa shape index (κ2) is 4.77. The maximum absolute atomic E-state index is 12.6. The van der Waals surface area contributed by atoms with E-state index in [9.17, 15) is 18.0 Å². The molecular weight excluding hydrogens is 269 g/mol. The van der Waals surface area contributed by atoms with Crippen LogP contribution in [0.1, 0.15) is 24.8 Å². The molecule has 20 heavy (non-hydrogen) atoms. The smallest absolute Gasteiger partial charge is 0.325 e.